The number of carbonyl (C=O) groups is 2. The maximum atomic E-state index is 11.6. The van der Waals surface area contributed by atoms with Gasteiger partial charge in [0.15, 0.2) is 5.92 Å². The van der Waals surface area contributed by atoms with Gasteiger partial charge in [-0.2, -0.15) is 0 Å². The third kappa shape index (κ3) is 2.94. The molecule has 1 rings (SSSR count). The fraction of sp³-hybridized carbons (Fsp3) is 0.818. The first-order valence-electron chi connectivity index (χ1n) is 5.45. The van der Waals surface area contributed by atoms with Crippen LogP contribution in [-0.2, 0) is 19.1 Å². The maximum absolute atomic E-state index is 11.6. The average molecular weight is 214 g/mol. The predicted octanol–water partition coefficient (Wildman–Crippen LogP) is 1.53. The largest absolute Gasteiger partial charge is 0.468 e. The van der Waals surface area contributed by atoms with Gasteiger partial charge in [-0.25, -0.2) is 0 Å². The Morgan fingerprint density at radius 1 is 1.27 bits per heavy atom. The number of ether oxygens (including phenoxy) is 2. The summed E-state index contributed by atoms with van der Waals surface area (Å²) in [6, 6.07) is 0. The third-order valence-corrected chi connectivity index (χ3v) is 2.87. The van der Waals surface area contributed by atoms with E-state index >= 15 is 0 Å². The summed E-state index contributed by atoms with van der Waals surface area (Å²) >= 11 is 0. The lowest BCUT2D eigenvalue weighted by Gasteiger charge is -2.18. The summed E-state index contributed by atoms with van der Waals surface area (Å²) in [5.41, 5.74) is 0. The molecule has 1 unspecified atom stereocenters. The smallest absolute Gasteiger partial charge is 0.320 e. The van der Waals surface area contributed by atoms with Crippen LogP contribution in [0.15, 0.2) is 0 Å². The van der Waals surface area contributed by atoms with E-state index in [1.807, 2.05) is 0 Å². The standard InChI is InChI=1S/C11H18O4/c1-3-15-11(13)9(10(12)14-2)8-6-4-5-7-8/h8-9H,3-7H2,1-2H3. The van der Waals surface area contributed by atoms with Crippen LogP contribution in [0.3, 0.4) is 0 Å². The molecule has 0 aromatic rings. The molecule has 1 aliphatic rings. The van der Waals surface area contributed by atoms with E-state index in [0.717, 1.165) is 25.7 Å². The fourth-order valence-electron chi connectivity index (χ4n) is 2.13. The maximum Gasteiger partial charge on any atom is 0.320 e. The molecule has 0 heterocycles. The van der Waals surface area contributed by atoms with Crippen molar-refractivity contribution >= 4 is 11.9 Å². The molecule has 0 aromatic heterocycles. The highest BCUT2D eigenvalue weighted by Gasteiger charge is 2.38. The quantitative estimate of drug-likeness (QED) is 0.526. The predicted molar refractivity (Wildman–Crippen MR) is 54.1 cm³/mol. The first kappa shape index (κ1) is 12.0. The molecule has 0 amide bonds. The van der Waals surface area contributed by atoms with E-state index in [4.69, 9.17) is 4.74 Å². The normalized spacial score (nSPS) is 18.5. The Morgan fingerprint density at radius 3 is 2.33 bits per heavy atom. The van der Waals surface area contributed by atoms with Crippen molar-refractivity contribution in [3.8, 4) is 0 Å². The molecule has 4 nitrogen and oxygen atoms in total. The van der Waals surface area contributed by atoms with Crippen molar-refractivity contribution in [3.63, 3.8) is 0 Å². The van der Waals surface area contributed by atoms with Gasteiger partial charge in [-0.05, 0) is 25.7 Å². The Balaban J connectivity index is 2.67. The van der Waals surface area contributed by atoms with Crippen LogP contribution in [0, 0.1) is 11.8 Å². The Kier molecular flexibility index (Phi) is 4.59. The van der Waals surface area contributed by atoms with Gasteiger partial charge in [0, 0.05) is 0 Å². The molecule has 1 saturated carbocycles. The number of rotatable bonds is 4. The number of hydrogen-bond donors (Lipinski definition) is 0. The zero-order valence-corrected chi connectivity index (χ0v) is 9.32. The number of carbonyl (C=O) groups excluding carboxylic acids is 2. The number of methoxy groups -OCH3 is 1. The van der Waals surface area contributed by atoms with E-state index in [2.05, 4.69) is 4.74 Å². The molecule has 0 aliphatic heterocycles. The van der Waals surface area contributed by atoms with E-state index < -0.39 is 17.9 Å². The lowest BCUT2D eigenvalue weighted by molar-refractivity contribution is -0.162. The van der Waals surface area contributed by atoms with Gasteiger partial charge in [-0.3, -0.25) is 9.59 Å². The first-order valence-corrected chi connectivity index (χ1v) is 5.45. The lowest BCUT2D eigenvalue weighted by atomic mass is 9.91. The molecule has 15 heavy (non-hydrogen) atoms. The summed E-state index contributed by atoms with van der Waals surface area (Å²) < 4.78 is 9.55. The molecule has 0 N–H and O–H groups in total. The summed E-state index contributed by atoms with van der Waals surface area (Å²) in [5, 5.41) is 0. The first-order chi connectivity index (χ1) is 7.20. The Bertz CT molecular complexity index is 231. The molecule has 0 saturated heterocycles. The summed E-state index contributed by atoms with van der Waals surface area (Å²) in [6.45, 7) is 2.04. The minimum absolute atomic E-state index is 0.108. The highest BCUT2D eigenvalue weighted by molar-refractivity contribution is 5.95. The average Bonchev–Trinajstić information content (AvgIpc) is 2.71. The zero-order valence-electron chi connectivity index (χ0n) is 9.32. The number of esters is 2. The molecule has 86 valence electrons. The van der Waals surface area contributed by atoms with Crippen LogP contribution in [0.25, 0.3) is 0 Å². The van der Waals surface area contributed by atoms with Crippen molar-refractivity contribution in [1.82, 2.24) is 0 Å². The van der Waals surface area contributed by atoms with E-state index in [-0.39, 0.29) is 5.92 Å². The van der Waals surface area contributed by atoms with Crippen molar-refractivity contribution in [1.29, 1.82) is 0 Å². The molecule has 0 aromatic carbocycles. The van der Waals surface area contributed by atoms with Crippen LogP contribution in [-0.4, -0.2) is 25.7 Å². The summed E-state index contributed by atoms with van der Waals surface area (Å²) in [6.07, 6.45) is 3.99. The van der Waals surface area contributed by atoms with Crippen LogP contribution in [0.5, 0.6) is 0 Å². The van der Waals surface area contributed by atoms with Gasteiger partial charge in [-0.1, -0.05) is 12.8 Å². The second-order valence-corrected chi connectivity index (χ2v) is 3.80. The van der Waals surface area contributed by atoms with Gasteiger partial charge < -0.3 is 9.47 Å². The van der Waals surface area contributed by atoms with Crippen molar-refractivity contribution in [2.45, 2.75) is 32.6 Å². The van der Waals surface area contributed by atoms with Gasteiger partial charge in [-0.15, -0.1) is 0 Å². The van der Waals surface area contributed by atoms with Crippen LogP contribution in [0.2, 0.25) is 0 Å². The topological polar surface area (TPSA) is 52.6 Å². The summed E-state index contributed by atoms with van der Waals surface area (Å²) in [7, 11) is 1.31. The molecular formula is C11H18O4. The van der Waals surface area contributed by atoms with Crippen LogP contribution >= 0.6 is 0 Å². The van der Waals surface area contributed by atoms with Crippen LogP contribution in [0.4, 0.5) is 0 Å². The molecule has 1 fully saturated rings. The molecular weight excluding hydrogens is 196 g/mol. The van der Waals surface area contributed by atoms with Gasteiger partial charge >= 0.3 is 11.9 Å². The van der Waals surface area contributed by atoms with E-state index in [9.17, 15) is 9.59 Å². The van der Waals surface area contributed by atoms with Gasteiger partial charge in [0.2, 0.25) is 0 Å². The monoisotopic (exact) mass is 214 g/mol. The molecule has 0 bridgehead atoms. The Hall–Kier alpha value is -1.06. The van der Waals surface area contributed by atoms with Crippen molar-refractivity contribution in [3.05, 3.63) is 0 Å². The van der Waals surface area contributed by atoms with Crippen molar-refractivity contribution in [2.24, 2.45) is 11.8 Å². The minimum Gasteiger partial charge on any atom is -0.468 e. The Labute approximate surface area is 89.9 Å². The van der Waals surface area contributed by atoms with E-state index in [1.165, 1.54) is 7.11 Å². The highest BCUT2D eigenvalue weighted by Crippen LogP contribution is 2.32. The SMILES string of the molecule is CCOC(=O)C(C(=O)OC)C1CCCC1. The lowest BCUT2D eigenvalue weighted by Crippen LogP contribution is -2.32. The molecule has 0 radical (unpaired) electrons. The minimum atomic E-state index is -0.711. The summed E-state index contributed by atoms with van der Waals surface area (Å²) in [4.78, 5) is 23.1. The van der Waals surface area contributed by atoms with Crippen LogP contribution < -0.4 is 0 Å². The fourth-order valence-corrected chi connectivity index (χ4v) is 2.13. The molecule has 1 atom stereocenters. The molecule has 4 heteroatoms. The van der Waals surface area contributed by atoms with Crippen LogP contribution in [0.1, 0.15) is 32.6 Å². The second-order valence-electron chi connectivity index (χ2n) is 3.80. The zero-order chi connectivity index (χ0) is 11.3. The second kappa shape index (κ2) is 5.73. The Morgan fingerprint density at radius 2 is 1.87 bits per heavy atom. The number of hydrogen-bond acceptors (Lipinski definition) is 4. The highest BCUT2D eigenvalue weighted by atomic mass is 16.5. The summed E-state index contributed by atoms with van der Waals surface area (Å²) in [5.74, 6) is -1.49. The van der Waals surface area contributed by atoms with Gasteiger partial charge in [0.25, 0.3) is 0 Å². The van der Waals surface area contributed by atoms with E-state index in [1.54, 1.807) is 6.92 Å². The van der Waals surface area contributed by atoms with Crippen molar-refractivity contribution in [2.75, 3.05) is 13.7 Å². The van der Waals surface area contributed by atoms with Crippen molar-refractivity contribution < 1.29 is 19.1 Å². The van der Waals surface area contributed by atoms with Gasteiger partial charge in [0.05, 0.1) is 13.7 Å². The third-order valence-electron chi connectivity index (χ3n) is 2.87. The van der Waals surface area contributed by atoms with Gasteiger partial charge in [0.1, 0.15) is 0 Å². The molecule has 1 aliphatic carbocycles. The van der Waals surface area contributed by atoms with E-state index in [0.29, 0.717) is 6.61 Å². The molecule has 0 spiro atoms.